The zero-order chi connectivity index (χ0) is 14.5. The molecule has 0 saturated heterocycles. The van der Waals surface area contributed by atoms with E-state index < -0.39 is 5.82 Å². The minimum Gasteiger partial charge on any atom is -0.496 e. The Hall–Kier alpha value is -1.75. The van der Waals surface area contributed by atoms with Crippen molar-refractivity contribution in [3.05, 3.63) is 52.3 Å². The molecule has 0 radical (unpaired) electrons. The van der Waals surface area contributed by atoms with Gasteiger partial charge in [-0.3, -0.25) is 0 Å². The number of hydrogen-bond acceptors (Lipinski definition) is 3. The Bertz CT molecular complexity index is 604. The molecule has 0 unspecified atom stereocenters. The fourth-order valence-corrected chi connectivity index (χ4v) is 2.49. The first-order chi connectivity index (χ1) is 9.61. The van der Waals surface area contributed by atoms with Crippen LogP contribution < -0.4 is 15.8 Å². The van der Waals surface area contributed by atoms with Crippen molar-refractivity contribution in [3.63, 3.8) is 0 Å². The lowest BCUT2D eigenvalue weighted by Crippen LogP contribution is -2.07. The Balaban J connectivity index is 1.96. The third-order valence-corrected chi connectivity index (χ3v) is 3.62. The number of nitrogens with two attached hydrogens (primary N) is 1. The molecule has 20 heavy (non-hydrogen) atoms. The fourth-order valence-electron chi connectivity index (χ4n) is 1.90. The maximum atomic E-state index is 13.3. The second kappa shape index (κ2) is 6.61. The molecule has 0 spiro atoms. The quantitative estimate of drug-likeness (QED) is 0.814. The third-order valence-electron chi connectivity index (χ3n) is 3.00. The average Bonchev–Trinajstić information content (AvgIpc) is 2.44. The van der Waals surface area contributed by atoms with Gasteiger partial charge in [0.05, 0.1) is 23.0 Å². The zero-order valence-corrected chi connectivity index (χ0v) is 12.7. The first-order valence-electron chi connectivity index (χ1n) is 6.22. The SMILES string of the molecule is COc1ccc(CCNc2cccc(F)c2N)cc1Br. The van der Waals surface area contributed by atoms with Crippen LogP contribution >= 0.6 is 15.9 Å². The van der Waals surface area contributed by atoms with Crippen LogP contribution in [0.2, 0.25) is 0 Å². The Morgan fingerprint density at radius 2 is 2.10 bits per heavy atom. The maximum absolute atomic E-state index is 13.3. The lowest BCUT2D eigenvalue weighted by Gasteiger charge is -2.10. The molecule has 2 rings (SSSR count). The molecule has 106 valence electrons. The van der Waals surface area contributed by atoms with E-state index in [0.29, 0.717) is 12.2 Å². The summed E-state index contributed by atoms with van der Waals surface area (Å²) >= 11 is 3.45. The van der Waals surface area contributed by atoms with Gasteiger partial charge in [-0.1, -0.05) is 12.1 Å². The van der Waals surface area contributed by atoms with Gasteiger partial charge in [-0.15, -0.1) is 0 Å². The number of anilines is 2. The maximum Gasteiger partial charge on any atom is 0.148 e. The van der Waals surface area contributed by atoms with Crippen LogP contribution in [-0.4, -0.2) is 13.7 Å². The number of benzene rings is 2. The lowest BCUT2D eigenvalue weighted by molar-refractivity contribution is 0.412. The summed E-state index contributed by atoms with van der Waals surface area (Å²) in [4.78, 5) is 0. The van der Waals surface area contributed by atoms with Crippen LogP contribution in [0.25, 0.3) is 0 Å². The molecule has 2 aromatic rings. The lowest BCUT2D eigenvalue weighted by atomic mass is 10.1. The number of methoxy groups -OCH3 is 1. The van der Waals surface area contributed by atoms with Crippen LogP contribution in [0.15, 0.2) is 40.9 Å². The van der Waals surface area contributed by atoms with Crippen LogP contribution in [0, 0.1) is 5.82 Å². The molecule has 0 atom stereocenters. The van der Waals surface area contributed by atoms with Gasteiger partial charge in [0.1, 0.15) is 11.6 Å². The Morgan fingerprint density at radius 1 is 1.30 bits per heavy atom. The summed E-state index contributed by atoms with van der Waals surface area (Å²) in [7, 11) is 1.63. The van der Waals surface area contributed by atoms with Crippen molar-refractivity contribution in [1.82, 2.24) is 0 Å². The van der Waals surface area contributed by atoms with E-state index in [0.717, 1.165) is 22.2 Å². The predicted octanol–water partition coefficient (Wildman–Crippen LogP) is 3.83. The smallest absolute Gasteiger partial charge is 0.148 e. The number of rotatable bonds is 5. The second-order valence-electron chi connectivity index (χ2n) is 4.35. The summed E-state index contributed by atoms with van der Waals surface area (Å²) in [6.07, 6.45) is 0.804. The number of nitrogens with one attached hydrogen (secondary N) is 1. The molecular weight excluding hydrogens is 323 g/mol. The van der Waals surface area contributed by atoms with Crippen molar-refractivity contribution in [3.8, 4) is 5.75 Å². The van der Waals surface area contributed by atoms with E-state index >= 15 is 0 Å². The van der Waals surface area contributed by atoms with E-state index in [1.165, 1.54) is 6.07 Å². The van der Waals surface area contributed by atoms with Gasteiger partial charge in [0.2, 0.25) is 0 Å². The van der Waals surface area contributed by atoms with Gasteiger partial charge in [-0.25, -0.2) is 4.39 Å². The summed E-state index contributed by atoms with van der Waals surface area (Å²) in [5, 5.41) is 3.14. The van der Waals surface area contributed by atoms with Crippen LogP contribution in [-0.2, 0) is 6.42 Å². The van der Waals surface area contributed by atoms with E-state index in [9.17, 15) is 4.39 Å². The highest BCUT2D eigenvalue weighted by molar-refractivity contribution is 9.10. The third kappa shape index (κ3) is 3.42. The summed E-state index contributed by atoms with van der Waals surface area (Å²) in [5.74, 6) is 0.401. The van der Waals surface area contributed by atoms with Crippen molar-refractivity contribution in [2.24, 2.45) is 0 Å². The van der Waals surface area contributed by atoms with Gasteiger partial charge in [-0.2, -0.15) is 0 Å². The van der Waals surface area contributed by atoms with E-state index in [4.69, 9.17) is 10.5 Å². The highest BCUT2D eigenvalue weighted by Crippen LogP contribution is 2.26. The molecule has 0 aromatic heterocycles. The van der Waals surface area contributed by atoms with Gasteiger partial charge < -0.3 is 15.8 Å². The summed E-state index contributed by atoms with van der Waals surface area (Å²) in [6, 6.07) is 10.7. The van der Waals surface area contributed by atoms with Crippen LogP contribution in [0.1, 0.15) is 5.56 Å². The van der Waals surface area contributed by atoms with Crippen LogP contribution in [0.4, 0.5) is 15.8 Å². The monoisotopic (exact) mass is 338 g/mol. The number of halogens is 2. The molecule has 0 amide bonds. The minimum absolute atomic E-state index is 0.156. The first kappa shape index (κ1) is 14.7. The fraction of sp³-hybridized carbons (Fsp3) is 0.200. The molecule has 0 aliphatic heterocycles. The van der Waals surface area contributed by atoms with Crippen molar-refractivity contribution < 1.29 is 9.13 Å². The summed E-state index contributed by atoms with van der Waals surface area (Å²) in [5.41, 5.74) is 7.59. The molecular formula is C15H16BrFN2O. The molecule has 0 aliphatic carbocycles. The van der Waals surface area contributed by atoms with Crippen LogP contribution in [0.3, 0.4) is 0 Å². The Labute approximate surface area is 126 Å². The molecule has 5 heteroatoms. The van der Waals surface area contributed by atoms with Gasteiger partial charge >= 0.3 is 0 Å². The predicted molar refractivity (Wildman–Crippen MR) is 83.7 cm³/mol. The molecule has 2 aromatic carbocycles. The molecule has 0 bridgehead atoms. The number of nitrogen functional groups attached to an aromatic ring is 1. The number of hydrogen-bond donors (Lipinski definition) is 2. The van der Waals surface area contributed by atoms with Gasteiger partial charge in [0.25, 0.3) is 0 Å². The molecule has 0 saturated carbocycles. The van der Waals surface area contributed by atoms with E-state index in [-0.39, 0.29) is 5.69 Å². The molecule has 3 nitrogen and oxygen atoms in total. The highest BCUT2D eigenvalue weighted by Gasteiger charge is 2.04. The molecule has 0 aliphatic rings. The zero-order valence-electron chi connectivity index (χ0n) is 11.1. The van der Waals surface area contributed by atoms with Crippen LogP contribution in [0.5, 0.6) is 5.75 Å². The number of para-hydroxylation sites is 1. The van der Waals surface area contributed by atoms with Gasteiger partial charge in [0.15, 0.2) is 0 Å². The summed E-state index contributed by atoms with van der Waals surface area (Å²) in [6.45, 7) is 0.673. The minimum atomic E-state index is -0.401. The standard InChI is InChI=1S/C15H16BrFN2O/c1-20-14-6-5-10(9-11(14)16)7-8-19-13-4-2-3-12(17)15(13)18/h2-6,9,19H,7-8,18H2,1H3. The summed E-state index contributed by atoms with van der Waals surface area (Å²) < 4.78 is 19.4. The highest BCUT2D eigenvalue weighted by atomic mass is 79.9. The van der Waals surface area contributed by atoms with Crippen molar-refractivity contribution >= 4 is 27.3 Å². The second-order valence-corrected chi connectivity index (χ2v) is 5.20. The molecule has 3 N–H and O–H groups in total. The first-order valence-corrected chi connectivity index (χ1v) is 7.01. The molecule has 0 fully saturated rings. The van der Waals surface area contributed by atoms with Gasteiger partial charge in [0, 0.05) is 6.54 Å². The average molecular weight is 339 g/mol. The van der Waals surface area contributed by atoms with E-state index in [1.807, 2.05) is 18.2 Å². The van der Waals surface area contributed by atoms with E-state index in [2.05, 4.69) is 21.2 Å². The van der Waals surface area contributed by atoms with Crippen molar-refractivity contribution in [2.45, 2.75) is 6.42 Å². The number of ether oxygens (including phenoxy) is 1. The van der Waals surface area contributed by atoms with Crippen molar-refractivity contribution in [1.29, 1.82) is 0 Å². The topological polar surface area (TPSA) is 47.3 Å². The molecule has 0 heterocycles. The van der Waals surface area contributed by atoms with Crippen molar-refractivity contribution in [2.75, 3.05) is 24.7 Å². The Morgan fingerprint density at radius 3 is 2.80 bits per heavy atom. The Kier molecular flexibility index (Phi) is 4.84. The van der Waals surface area contributed by atoms with Gasteiger partial charge in [-0.05, 0) is 52.2 Å². The largest absolute Gasteiger partial charge is 0.496 e. The van der Waals surface area contributed by atoms with E-state index in [1.54, 1.807) is 19.2 Å². The normalized spacial score (nSPS) is 10.3.